The van der Waals surface area contributed by atoms with Gasteiger partial charge < -0.3 is 125 Å². The standard InChI is InChI=1S/C48H32O31/c49-15-1-9(2-21(27(15)55)74-38-14(42(66)67)7-20(54)32(60)37(38)65)43(68)79-48-41-40(77-46(71)12-5-18(52)30(58)35(63)25(12)26-13(47(72)78-41)6-19(53)31(59)36(26)64)39-22(75-48)8-73-44(69)10-3-16(50)28(56)33(61)23(10)24-11(45(70)76-39)4-17(51)29(57)34(24)62/h1-7,22,39-41,48-65H,8H2,(H,66,67)/t22?,39-,40-,41+,48-/m1/s1. The summed E-state index contributed by atoms with van der Waals surface area (Å²) in [5, 5.41) is 191. The first-order valence-electron chi connectivity index (χ1n) is 21.7. The molecular weight excluding hydrogens is 1070 g/mol. The number of hydrogen-bond acceptors (Lipinski definition) is 30. The smallest absolute Gasteiger partial charge is 0.340 e. The van der Waals surface area contributed by atoms with Crippen LogP contribution in [0.5, 0.6) is 109 Å². The molecule has 31 nitrogen and oxygen atoms in total. The lowest BCUT2D eigenvalue weighted by atomic mass is 9.91. The first-order valence-corrected chi connectivity index (χ1v) is 21.7. The van der Waals surface area contributed by atoms with E-state index < -0.39 is 238 Å². The Morgan fingerprint density at radius 2 is 0.810 bits per heavy atom. The number of aromatic hydroxyl groups is 17. The first-order chi connectivity index (χ1) is 37.1. The number of phenolic OH excluding ortho intramolecular Hbond substituents is 17. The van der Waals surface area contributed by atoms with E-state index in [9.17, 15) is 121 Å². The van der Waals surface area contributed by atoms with Crippen molar-refractivity contribution in [2.45, 2.75) is 30.7 Å². The highest BCUT2D eigenvalue weighted by Crippen LogP contribution is 2.56. The van der Waals surface area contributed by atoms with E-state index in [-0.39, 0.29) is 0 Å². The van der Waals surface area contributed by atoms with Crippen LogP contribution in [0.15, 0.2) is 42.5 Å². The number of cyclic esters (lactones) is 1. The van der Waals surface area contributed by atoms with Gasteiger partial charge in [-0.2, -0.15) is 0 Å². The Hall–Kier alpha value is -11.5. The molecule has 410 valence electrons. The van der Waals surface area contributed by atoms with Crippen molar-refractivity contribution < 1.29 is 154 Å². The third-order valence-corrected chi connectivity index (χ3v) is 12.3. The molecule has 0 aromatic heterocycles. The van der Waals surface area contributed by atoms with Gasteiger partial charge in [-0.1, -0.05) is 0 Å². The number of carbonyl (C=O) groups excluding carboxylic acids is 5. The van der Waals surface area contributed by atoms with Crippen molar-refractivity contribution >= 4 is 35.8 Å². The highest BCUT2D eigenvalue weighted by Gasteiger charge is 2.56. The molecule has 79 heavy (non-hydrogen) atoms. The molecule has 0 radical (unpaired) electrons. The van der Waals surface area contributed by atoms with Crippen LogP contribution in [0.4, 0.5) is 0 Å². The van der Waals surface area contributed by atoms with Gasteiger partial charge in [-0.25, -0.2) is 28.8 Å². The average molecular weight is 1100 g/mol. The van der Waals surface area contributed by atoms with Gasteiger partial charge >= 0.3 is 35.8 Å². The second-order valence-corrected chi connectivity index (χ2v) is 16.9. The molecule has 0 amide bonds. The molecule has 1 fully saturated rings. The average Bonchev–Trinajstić information content (AvgIpc) is 3.50. The lowest BCUT2D eigenvalue weighted by Gasteiger charge is -2.44. The lowest BCUT2D eigenvalue weighted by Crippen LogP contribution is -2.63. The third-order valence-electron chi connectivity index (χ3n) is 12.3. The van der Waals surface area contributed by atoms with Gasteiger partial charge in [0.05, 0.1) is 27.8 Å². The summed E-state index contributed by atoms with van der Waals surface area (Å²) in [6.45, 7) is -1.36. The minimum atomic E-state index is -2.71. The van der Waals surface area contributed by atoms with Gasteiger partial charge in [-0.05, 0) is 36.4 Å². The van der Waals surface area contributed by atoms with E-state index in [1.54, 1.807) is 0 Å². The van der Waals surface area contributed by atoms with Crippen LogP contribution < -0.4 is 4.74 Å². The largest absolute Gasteiger partial charge is 0.504 e. The fourth-order valence-corrected chi connectivity index (χ4v) is 8.50. The lowest BCUT2D eigenvalue weighted by molar-refractivity contribution is -0.282. The molecule has 9 rings (SSSR count). The summed E-state index contributed by atoms with van der Waals surface area (Å²) in [7, 11) is 0. The predicted molar refractivity (Wildman–Crippen MR) is 244 cm³/mol. The van der Waals surface area contributed by atoms with E-state index in [1.807, 2.05) is 0 Å². The molecule has 6 aromatic rings. The van der Waals surface area contributed by atoms with Crippen molar-refractivity contribution in [2.75, 3.05) is 6.61 Å². The SMILES string of the molecule is O=C(O[C@H]1OC2COC(=O)c3cc(O)c(O)c(O)c3-c3c(cc(O)c(O)c3O)C(=O)O[C@H]2[C@H]2OC(=O)c3cc(O)c(O)c(O)c3-c3c(cc(O)c(O)c3O)C(=O)O[C@H]12)c1cc(O)c(O)c(Oc2c(C(=O)O)cc(O)c(O)c2O)c1. The van der Waals surface area contributed by atoms with Gasteiger partial charge in [0.1, 0.15) is 18.3 Å². The van der Waals surface area contributed by atoms with Crippen LogP contribution in [0.2, 0.25) is 0 Å². The van der Waals surface area contributed by atoms with Gasteiger partial charge in [0, 0.05) is 28.3 Å². The fourth-order valence-electron chi connectivity index (χ4n) is 8.50. The number of aromatic carboxylic acids is 1. The van der Waals surface area contributed by atoms with Gasteiger partial charge in [0.2, 0.25) is 52.6 Å². The Labute approximate surface area is 433 Å². The topological polar surface area (TPSA) is 531 Å². The van der Waals surface area contributed by atoms with E-state index in [2.05, 4.69) is 0 Å². The van der Waals surface area contributed by atoms with E-state index in [0.717, 1.165) is 0 Å². The first kappa shape index (κ1) is 52.4. The zero-order chi connectivity index (χ0) is 57.7. The number of ether oxygens (including phenoxy) is 7. The molecule has 6 aromatic carbocycles. The zero-order valence-corrected chi connectivity index (χ0v) is 38.5. The monoisotopic (exact) mass is 1100 g/mol. The Bertz CT molecular complexity index is 3730. The Morgan fingerprint density at radius 3 is 1.25 bits per heavy atom. The third kappa shape index (κ3) is 8.40. The number of benzene rings is 6. The number of carboxylic acid groups (broad SMARTS) is 1. The molecule has 0 bridgehead atoms. The minimum Gasteiger partial charge on any atom is -0.504 e. The summed E-state index contributed by atoms with van der Waals surface area (Å²) < 4.78 is 39.2. The van der Waals surface area contributed by atoms with Gasteiger partial charge in [0.15, 0.2) is 81.2 Å². The van der Waals surface area contributed by atoms with Crippen LogP contribution >= 0.6 is 0 Å². The Morgan fingerprint density at radius 1 is 0.430 bits per heavy atom. The summed E-state index contributed by atoms with van der Waals surface area (Å²) in [6.07, 6.45) is -12.9. The summed E-state index contributed by atoms with van der Waals surface area (Å²) in [4.78, 5) is 84.2. The zero-order valence-electron chi connectivity index (χ0n) is 38.5. The summed E-state index contributed by atoms with van der Waals surface area (Å²) in [6, 6.07) is 2.82. The van der Waals surface area contributed by atoms with Gasteiger partial charge in [-0.3, -0.25) is 0 Å². The Balaban J connectivity index is 1.24. The van der Waals surface area contributed by atoms with Crippen LogP contribution in [0.1, 0.15) is 62.1 Å². The summed E-state index contributed by atoms with van der Waals surface area (Å²) in [5.41, 5.74) is -11.1. The molecule has 5 atom stereocenters. The molecule has 3 heterocycles. The molecule has 0 saturated carbocycles. The van der Waals surface area contributed by atoms with Crippen LogP contribution in [0, 0.1) is 0 Å². The summed E-state index contributed by atoms with van der Waals surface area (Å²) in [5.74, 6) is -36.9. The molecule has 1 unspecified atom stereocenters. The van der Waals surface area contributed by atoms with Crippen molar-refractivity contribution in [1.82, 2.24) is 0 Å². The second kappa shape index (κ2) is 18.7. The molecule has 0 aliphatic carbocycles. The number of esters is 5. The van der Waals surface area contributed by atoms with Gasteiger partial charge in [-0.15, -0.1) is 0 Å². The maximum Gasteiger partial charge on any atom is 0.340 e. The fraction of sp³-hybridized carbons (Fsp3) is 0.125. The van der Waals surface area contributed by atoms with E-state index in [1.165, 1.54) is 0 Å². The quantitative estimate of drug-likeness (QED) is 0.0670. The Kier molecular flexibility index (Phi) is 12.4. The summed E-state index contributed by atoms with van der Waals surface area (Å²) >= 11 is 0. The number of hydrogen-bond donors (Lipinski definition) is 18. The van der Waals surface area contributed by atoms with Crippen LogP contribution in [0.3, 0.4) is 0 Å². The minimum absolute atomic E-state index is 0.359. The molecule has 3 aliphatic heterocycles. The number of carbonyl (C=O) groups is 6. The molecule has 3 aliphatic rings. The second-order valence-electron chi connectivity index (χ2n) is 16.9. The molecule has 0 spiro atoms. The van der Waals surface area contributed by atoms with E-state index in [0.29, 0.717) is 42.5 Å². The van der Waals surface area contributed by atoms with Crippen molar-refractivity contribution in [3.8, 4) is 131 Å². The van der Waals surface area contributed by atoms with Crippen molar-refractivity contribution in [1.29, 1.82) is 0 Å². The number of carboxylic acids is 1. The number of phenols is 17. The van der Waals surface area contributed by atoms with Crippen LogP contribution in [0.25, 0.3) is 22.3 Å². The maximum absolute atomic E-state index is 14.6. The molecule has 31 heteroatoms. The normalized spacial score (nSPS) is 18.7. The molecule has 1 saturated heterocycles. The van der Waals surface area contributed by atoms with Crippen molar-refractivity contribution in [2.24, 2.45) is 0 Å². The predicted octanol–water partition coefficient (Wildman–Crippen LogP) is 2.55. The maximum atomic E-state index is 14.6. The molecular formula is C48H32O31. The van der Waals surface area contributed by atoms with Crippen LogP contribution in [-0.2, 0) is 28.4 Å². The van der Waals surface area contributed by atoms with E-state index in [4.69, 9.17) is 33.2 Å². The highest BCUT2D eigenvalue weighted by atomic mass is 16.7. The molecule has 18 N–H and O–H groups in total. The van der Waals surface area contributed by atoms with E-state index >= 15 is 0 Å². The van der Waals surface area contributed by atoms with Gasteiger partial charge in [0.25, 0.3) is 0 Å². The van der Waals surface area contributed by atoms with Crippen molar-refractivity contribution in [3.05, 3.63) is 75.8 Å². The number of fused-ring (bicyclic) bond motifs is 9. The van der Waals surface area contributed by atoms with Crippen LogP contribution in [-0.4, -0.2) is 165 Å². The highest BCUT2D eigenvalue weighted by molar-refractivity contribution is 6.10. The number of rotatable bonds is 5. The van der Waals surface area contributed by atoms with Crippen molar-refractivity contribution in [3.63, 3.8) is 0 Å².